The van der Waals surface area contributed by atoms with Gasteiger partial charge in [0, 0.05) is 30.4 Å². The van der Waals surface area contributed by atoms with Gasteiger partial charge in [-0.15, -0.1) is 0 Å². The molecule has 10 nitrogen and oxygen atoms in total. The minimum absolute atomic E-state index is 0.0670. The van der Waals surface area contributed by atoms with Crippen LogP contribution in [-0.2, 0) is 0 Å². The Labute approximate surface area is 232 Å². The van der Waals surface area contributed by atoms with E-state index in [9.17, 15) is 10.0 Å². The highest BCUT2D eigenvalue weighted by molar-refractivity contribution is 5.99. The predicted octanol–water partition coefficient (Wildman–Crippen LogP) is 5.42. The molecule has 10 heteroatoms. The van der Waals surface area contributed by atoms with E-state index < -0.39 is 5.91 Å². The number of primary amides is 1. The largest absolute Gasteiger partial charge is 0.366 e. The van der Waals surface area contributed by atoms with E-state index in [0.717, 1.165) is 60.1 Å². The zero-order valence-electron chi connectivity index (χ0n) is 22.6. The Hall–Kier alpha value is -4.57. The van der Waals surface area contributed by atoms with Crippen molar-refractivity contribution < 1.29 is 10.0 Å². The van der Waals surface area contributed by atoms with Crippen LogP contribution in [0, 0.1) is 0 Å². The number of pyridine rings is 2. The minimum atomic E-state index is -0.588. The van der Waals surface area contributed by atoms with Crippen molar-refractivity contribution >= 4 is 22.6 Å². The standard InChI is InChI=1S/C30H32N8O2/c1-19(2)28-27-25(36-17-24(34-18-36)20-7-6-13-32-16-20)12-14-33-30(27)37(35-28)22-10-11-23(29(31)39)26(15-22)38(40)21-8-4-3-5-9-21/h6-7,10-19,21,40H,3-5,8-9H2,1-2H3,(H2,31,39). The molecule has 1 saturated carbocycles. The van der Waals surface area contributed by atoms with E-state index in [1.54, 1.807) is 47.8 Å². The van der Waals surface area contributed by atoms with Gasteiger partial charge in [-0.1, -0.05) is 33.1 Å². The first-order valence-corrected chi connectivity index (χ1v) is 13.7. The molecule has 0 atom stereocenters. The molecule has 1 amide bonds. The van der Waals surface area contributed by atoms with Gasteiger partial charge in [0.05, 0.1) is 51.8 Å². The highest BCUT2D eigenvalue weighted by Crippen LogP contribution is 2.34. The maximum atomic E-state index is 12.3. The summed E-state index contributed by atoms with van der Waals surface area (Å²) < 4.78 is 3.75. The molecule has 4 aromatic heterocycles. The van der Waals surface area contributed by atoms with Crippen molar-refractivity contribution in [3.8, 4) is 22.6 Å². The highest BCUT2D eigenvalue weighted by atomic mass is 16.5. The molecule has 1 aliphatic rings. The molecule has 0 saturated heterocycles. The van der Waals surface area contributed by atoms with E-state index in [2.05, 4.69) is 23.8 Å². The van der Waals surface area contributed by atoms with Gasteiger partial charge in [0.25, 0.3) is 5.91 Å². The van der Waals surface area contributed by atoms with Crippen molar-refractivity contribution in [3.63, 3.8) is 0 Å². The van der Waals surface area contributed by atoms with Crippen molar-refractivity contribution in [1.29, 1.82) is 0 Å². The summed E-state index contributed by atoms with van der Waals surface area (Å²) in [6.07, 6.45) is 14.0. The number of hydrogen-bond acceptors (Lipinski definition) is 7. The lowest BCUT2D eigenvalue weighted by molar-refractivity contribution is 0.0997. The Bertz CT molecular complexity index is 1670. The number of hydrogen-bond donors (Lipinski definition) is 2. The number of benzene rings is 1. The molecular weight excluding hydrogens is 504 g/mol. The summed E-state index contributed by atoms with van der Waals surface area (Å²) in [5.41, 5.74) is 11.2. The molecule has 1 aromatic carbocycles. The van der Waals surface area contributed by atoms with Crippen LogP contribution in [0.2, 0.25) is 0 Å². The first-order valence-electron chi connectivity index (χ1n) is 13.7. The molecule has 0 spiro atoms. The molecule has 204 valence electrons. The molecule has 1 fully saturated rings. The number of nitrogens with two attached hydrogens (primary N) is 1. The molecule has 5 aromatic rings. The lowest BCUT2D eigenvalue weighted by Gasteiger charge is -2.31. The van der Waals surface area contributed by atoms with Crippen LogP contribution in [0.25, 0.3) is 33.7 Å². The van der Waals surface area contributed by atoms with Crippen LogP contribution < -0.4 is 10.8 Å². The number of imidazole rings is 1. The monoisotopic (exact) mass is 536 g/mol. The van der Waals surface area contributed by atoms with Crippen LogP contribution in [0.15, 0.2) is 67.5 Å². The van der Waals surface area contributed by atoms with E-state index in [-0.39, 0.29) is 17.5 Å². The molecule has 3 N–H and O–H groups in total. The van der Waals surface area contributed by atoms with Gasteiger partial charge in [0.15, 0.2) is 5.65 Å². The smallest absolute Gasteiger partial charge is 0.250 e. The molecule has 40 heavy (non-hydrogen) atoms. The summed E-state index contributed by atoms with van der Waals surface area (Å²) in [5.74, 6) is -0.483. The second-order valence-corrected chi connectivity index (χ2v) is 10.6. The number of aromatic nitrogens is 6. The second-order valence-electron chi connectivity index (χ2n) is 10.6. The number of amides is 1. The number of fused-ring (bicyclic) bond motifs is 1. The second kappa shape index (κ2) is 10.5. The van der Waals surface area contributed by atoms with Gasteiger partial charge in [-0.25, -0.2) is 14.6 Å². The maximum absolute atomic E-state index is 12.3. The highest BCUT2D eigenvalue weighted by Gasteiger charge is 2.26. The lowest BCUT2D eigenvalue weighted by Crippen LogP contribution is -2.35. The predicted molar refractivity (Wildman–Crippen MR) is 153 cm³/mol. The summed E-state index contributed by atoms with van der Waals surface area (Å²) in [6, 6.07) is 11.0. The summed E-state index contributed by atoms with van der Waals surface area (Å²) in [7, 11) is 0. The zero-order valence-corrected chi connectivity index (χ0v) is 22.6. The maximum Gasteiger partial charge on any atom is 0.250 e. The van der Waals surface area contributed by atoms with Crippen molar-refractivity contribution in [2.24, 2.45) is 5.73 Å². The van der Waals surface area contributed by atoms with Crippen LogP contribution in [0.1, 0.15) is 67.9 Å². The SMILES string of the molecule is CC(C)c1nn(-c2ccc(C(N)=O)c(N(O)C3CCCCC3)c2)c2nccc(-n3cnc(-c4cccnc4)c3)c12. The van der Waals surface area contributed by atoms with Gasteiger partial charge in [-0.2, -0.15) is 5.10 Å². The molecular formula is C30H32N8O2. The number of rotatable bonds is 7. The average molecular weight is 537 g/mol. The normalized spacial score (nSPS) is 14.2. The number of carbonyl (C=O) groups is 1. The van der Waals surface area contributed by atoms with Gasteiger partial charge in [0.2, 0.25) is 0 Å². The van der Waals surface area contributed by atoms with Crippen LogP contribution in [0.4, 0.5) is 5.69 Å². The fraction of sp³-hybridized carbons (Fsp3) is 0.300. The van der Waals surface area contributed by atoms with Gasteiger partial charge in [0.1, 0.15) is 0 Å². The van der Waals surface area contributed by atoms with Crippen LogP contribution >= 0.6 is 0 Å². The first kappa shape index (κ1) is 25.7. The van der Waals surface area contributed by atoms with Gasteiger partial charge < -0.3 is 10.3 Å². The lowest BCUT2D eigenvalue weighted by atomic mass is 9.94. The van der Waals surface area contributed by atoms with Gasteiger partial charge in [-0.05, 0) is 55.2 Å². The Morgan fingerprint density at radius 3 is 2.65 bits per heavy atom. The van der Waals surface area contributed by atoms with Crippen LogP contribution in [-0.4, -0.2) is 46.5 Å². The minimum Gasteiger partial charge on any atom is -0.366 e. The van der Waals surface area contributed by atoms with E-state index in [1.807, 2.05) is 29.0 Å². The van der Waals surface area contributed by atoms with E-state index >= 15 is 0 Å². The number of nitrogens with zero attached hydrogens (tertiary/aromatic N) is 7. The van der Waals surface area contributed by atoms with E-state index in [4.69, 9.17) is 15.8 Å². The number of anilines is 1. The molecule has 4 heterocycles. The topological polar surface area (TPSA) is 128 Å². The molecule has 0 radical (unpaired) electrons. The Kier molecular flexibility index (Phi) is 6.77. The number of carbonyl (C=O) groups excluding carboxylic acids is 1. The fourth-order valence-electron chi connectivity index (χ4n) is 5.54. The van der Waals surface area contributed by atoms with E-state index in [1.165, 1.54) is 5.06 Å². The van der Waals surface area contributed by atoms with Gasteiger partial charge in [-0.3, -0.25) is 20.0 Å². The molecule has 6 rings (SSSR count). The summed E-state index contributed by atoms with van der Waals surface area (Å²) in [5, 5.41) is 18.3. The van der Waals surface area contributed by atoms with Crippen molar-refractivity contribution in [1.82, 2.24) is 29.3 Å². The Morgan fingerprint density at radius 1 is 1.10 bits per heavy atom. The summed E-state index contributed by atoms with van der Waals surface area (Å²) in [4.78, 5) is 25.8. The van der Waals surface area contributed by atoms with Crippen LogP contribution in [0.5, 0.6) is 0 Å². The third-order valence-corrected chi connectivity index (χ3v) is 7.60. The Morgan fingerprint density at radius 2 is 1.93 bits per heavy atom. The summed E-state index contributed by atoms with van der Waals surface area (Å²) >= 11 is 0. The quantitative estimate of drug-likeness (QED) is 0.266. The van der Waals surface area contributed by atoms with Crippen molar-refractivity contribution in [2.75, 3.05) is 5.06 Å². The number of hydroxylamine groups is 1. The van der Waals surface area contributed by atoms with Crippen LogP contribution in [0.3, 0.4) is 0 Å². The summed E-state index contributed by atoms with van der Waals surface area (Å²) in [6.45, 7) is 4.19. The van der Waals surface area contributed by atoms with Gasteiger partial charge >= 0.3 is 0 Å². The molecule has 0 aliphatic heterocycles. The molecule has 0 unspecified atom stereocenters. The fourth-order valence-corrected chi connectivity index (χ4v) is 5.54. The first-order chi connectivity index (χ1) is 19.4. The third-order valence-electron chi connectivity index (χ3n) is 7.60. The zero-order chi connectivity index (χ0) is 27.8. The van der Waals surface area contributed by atoms with Crippen molar-refractivity contribution in [2.45, 2.75) is 57.9 Å². The molecule has 1 aliphatic carbocycles. The Balaban J connectivity index is 1.48. The van der Waals surface area contributed by atoms with Crippen molar-refractivity contribution in [3.05, 3.63) is 78.8 Å². The average Bonchev–Trinajstić information content (AvgIpc) is 3.63. The third kappa shape index (κ3) is 4.60. The molecule has 0 bridgehead atoms. The van der Waals surface area contributed by atoms with E-state index in [0.29, 0.717) is 17.0 Å².